The number of hydrogen-bond acceptors (Lipinski definition) is 5. The molecule has 0 bridgehead atoms. The molecule has 6 nitrogen and oxygen atoms in total. The van der Waals surface area contributed by atoms with E-state index < -0.39 is 29.3 Å². The topological polar surface area (TPSA) is 79.7 Å². The van der Waals surface area contributed by atoms with Crippen molar-refractivity contribution in [2.24, 2.45) is 0 Å². The van der Waals surface area contributed by atoms with Gasteiger partial charge in [-0.2, -0.15) is 0 Å². The molecule has 0 aliphatic carbocycles. The molecule has 1 fully saturated rings. The van der Waals surface area contributed by atoms with Crippen LogP contribution in [0.15, 0.2) is 72.4 Å². The van der Waals surface area contributed by atoms with Gasteiger partial charge in [0, 0.05) is 11.9 Å². The van der Waals surface area contributed by atoms with Crippen molar-refractivity contribution in [1.82, 2.24) is 4.98 Å². The van der Waals surface area contributed by atoms with E-state index in [0.29, 0.717) is 11.4 Å². The molecule has 0 radical (unpaired) electrons. The van der Waals surface area contributed by atoms with Gasteiger partial charge in [0.25, 0.3) is 11.7 Å². The summed E-state index contributed by atoms with van der Waals surface area (Å²) in [5.41, 5.74) is 1.62. The Hall–Kier alpha value is -4.00. The van der Waals surface area contributed by atoms with Gasteiger partial charge in [-0.3, -0.25) is 19.5 Å². The number of benzene rings is 2. The zero-order valence-corrected chi connectivity index (χ0v) is 19.4. The number of Topliss-reactive ketones (excluding diaryl/α,β-unsaturated/α-hetero) is 1. The molecule has 1 atom stereocenters. The molecule has 1 aliphatic heterocycles. The Morgan fingerprint density at radius 1 is 1.06 bits per heavy atom. The molecule has 2 aromatic carbocycles. The third-order valence-electron chi connectivity index (χ3n) is 5.84. The Morgan fingerprint density at radius 2 is 1.76 bits per heavy atom. The van der Waals surface area contributed by atoms with E-state index in [1.165, 1.54) is 24.1 Å². The van der Waals surface area contributed by atoms with E-state index in [9.17, 15) is 19.1 Å². The number of methoxy groups -OCH3 is 1. The number of aromatic nitrogens is 1. The Balaban J connectivity index is 1.93. The first-order valence-corrected chi connectivity index (χ1v) is 10.8. The summed E-state index contributed by atoms with van der Waals surface area (Å²) in [5, 5.41) is 11.2. The molecule has 1 N–H and O–H groups in total. The van der Waals surface area contributed by atoms with Crippen LogP contribution in [0.5, 0.6) is 5.75 Å². The summed E-state index contributed by atoms with van der Waals surface area (Å²) in [6.45, 7) is 6.23. The second kappa shape index (κ2) is 8.74. The van der Waals surface area contributed by atoms with Crippen LogP contribution in [-0.4, -0.2) is 28.9 Å². The Bertz CT molecular complexity index is 1280. The summed E-state index contributed by atoms with van der Waals surface area (Å²) in [6.07, 6.45) is 1.54. The number of ether oxygens (including phenoxy) is 1. The van der Waals surface area contributed by atoms with Gasteiger partial charge in [0.05, 0.1) is 23.9 Å². The quantitative estimate of drug-likeness (QED) is 0.331. The maximum Gasteiger partial charge on any atom is 0.300 e. The van der Waals surface area contributed by atoms with Gasteiger partial charge < -0.3 is 9.84 Å². The molecule has 1 aliphatic rings. The lowest BCUT2D eigenvalue weighted by molar-refractivity contribution is -0.132. The second-order valence-electron chi connectivity index (χ2n) is 9.07. The minimum absolute atomic E-state index is 0.0236. The molecular formula is C27H25FN2O4. The number of aliphatic hydroxyl groups is 1. The highest BCUT2D eigenvalue weighted by atomic mass is 19.1. The molecule has 7 heteroatoms. The number of amides is 1. The van der Waals surface area contributed by atoms with Crippen molar-refractivity contribution < 1.29 is 23.8 Å². The molecule has 2 heterocycles. The minimum Gasteiger partial charge on any atom is -0.507 e. The first-order chi connectivity index (χ1) is 16.1. The zero-order valence-electron chi connectivity index (χ0n) is 19.4. The third kappa shape index (κ3) is 4.05. The van der Waals surface area contributed by atoms with E-state index in [4.69, 9.17) is 4.74 Å². The average molecular weight is 461 g/mol. The van der Waals surface area contributed by atoms with E-state index >= 15 is 0 Å². The number of pyridine rings is 1. The van der Waals surface area contributed by atoms with Crippen molar-refractivity contribution in [2.45, 2.75) is 32.2 Å². The number of carbonyl (C=O) groups is 2. The van der Waals surface area contributed by atoms with E-state index in [0.717, 1.165) is 11.6 Å². The van der Waals surface area contributed by atoms with Gasteiger partial charge in [0.15, 0.2) is 0 Å². The van der Waals surface area contributed by atoms with Crippen molar-refractivity contribution >= 4 is 23.1 Å². The van der Waals surface area contributed by atoms with Crippen LogP contribution >= 0.6 is 0 Å². The highest BCUT2D eigenvalue weighted by molar-refractivity contribution is 6.51. The monoisotopic (exact) mass is 460 g/mol. The fourth-order valence-electron chi connectivity index (χ4n) is 4.05. The van der Waals surface area contributed by atoms with Crippen LogP contribution in [0, 0.1) is 5.82 Å². The SMILES string of the molecule is COc1ccc(F)cc1/C(O)=C1\C(=O)C(=O)N(c2ccc(C(C)(C)C)cc2)C1c1ccccn1. The van der Waals surface area contributed by atoms with Crippen molar-refractivity contribution in [2.75, 3.05) is 12.0 Å². The largest absolute Gasteiger partial charge is 0.507 e. The lowest BCUT2D eigenvalue weighted by Crippen LogP contribution is -2.30. The number of rotatable bonds is 4. The molecule has 0 spiro atoms. The summed E-state index contributed by atoms with van der Waals surface area (Å²) < 4.78 is 19.3. The number of halogens is 1. The van der Waals surface area contributed by atoms with E-state index in [1.54, 1.807) is 36.5 Å². The van der Waals surface area contributed by atoms with Crippen LogP contribution < -0.4 is 9.64 Å². The number of hydrogen-bond donors (Lipinski definition) is 1. The van der Waals surface area contributed by atoms with Gasteiger partial charge >= 0.3 is 0 Å². The normalized spacial score (nSPS) is 17.8. The van der Waals surface area contributed by atoms with Crippen LogP contribution in [0.4, 0.5) is 10.1 Å². The number of aliphatic hydroxyl groups excluding tert-OH is 1. The van der Waals surface area contributed by atoms with Crippen molar-refractivity contribution in [3.05, 3.63) is 95.1 Å². The average Bonchev–Trinajstić information content (AvgIpc) is 3.09. The maximum atomic E-state index is 14.0. The van der Waals surface area contributed by atoms with Crippen LogP contribution in [0.2, 0.25) is 0 Å². The summed E-state index contributed by atoms with van der Waals surface area (Å²) >= 11 is 0. The minimum atomic E-state index is -1.00. The summed E-state index contributed by atoms with van der Waals surface area (Å²) in [7, 11) is 1.37. The van der Waals surface area contributed by atoms with Crippen LogP contribution in [0.1, 0.15) is 43.6 Å². The van der Waals surface area contributed by atoms with E-state index in [-0.39, 0.29) is 22.3 Å². The van der Waals surface area contributed by atoms with Gasteiger partial charge in [0.1, 0.15) is 23.4 Å². The lowest BCUT2D eigenvalue weighted by atomic mass is 9.87. The lowest BCUT2D eigenvalue weighted by Gasteiger charge is -2.26. The Labute approximate surface area is 197 Å². The number of nitrogens with zero attached hydrogens (tertiary/aromatic N) is 2. The molecule has 1 unspecified atom stereocenters. The summed E-state index contributed by atoms with van der Waals surface area (Å²) in [5.74, 6) is -2.68. The van der Waals surface area contributed by atoms with Gasteiger partial charge in [0.2, 0.25) is 0 Å². The van der Waals surface area contributed by atoms with Gasteiger partial charge in [-0.25, -0.2) is 4.39 Å². The summed E-state index contributed by atoms with van der Waals surface area (Å²) in [6, 6.07) is 15.0. The molecule has 0 saturated carbocycles. The predicted molar refractivity (Wildman–Crippen MR) is 127 cm³/mol. The van der Waals surface area contributed by atoms with E-state index in [1.807, 2.05) is 12.1 Å². The van der Waals surface area contributed by atoms with Crippen molar-refractivity contribution in [3.63, 3.8) is 0 Å². The highest BCUT2D eigenvalue weighted by Gasteiger charge is 2.48. The Kier molecular flexibility index (Phi) is 5.96. The molecule has 174 valence electrons. The fraction of sp³-hybridized carbons (Fsp3) is 0.222. The first kappa shape index (κ1) is 23.2. The molecule has 1 aromatic heterocycles. The fourth-order valence-corrected chi connectivity index (χ4v) is 4.05. The third-order valence-corrected chi connectivity index (χ3v) is 5.84. The summed E-state index contributed by atoms with van der Waals surface area (Å²) in [4.78, 5) is 32.1. The predicted octanol–water partition coefficient (Wildman–Crippen LogP) is 5.15. The zero-order chi connectivity index (χ0) is 24.6. The van der Waals surface area contributed by atoms with Crippen molar-refractivity contribution in [3.8, 4) is 5.75 Å². The second-order valence-corrected chi connectivity index (χ2v) is 9.07. The van der Waals surface area contributed by atoms with E-state index in [2.05, 4.69) is 25.8 Å². The van der Waals surface area contributed by atoms with Crippen LogP contribution in [0.3, 0.4) is 0 Å². The smallest absolute Gasteiger partial charge is 0.300 e. The van der Waals surface area contributed by atoms with Crippen LogP contribution in [0.25, 0.3) is 5.76 Å². The molecule has 3 aromatic rings. The Morgan fingerprint density at radius 3 is 2.35 bits per heavy atom. The maximum absolute atomic E-state index is 14.0. The van der Waals surface area contributed by atoms with Gasteiger partial charge in [-0.05, 0) is 53.4 Å². The molecule has 1 amide bonds. The molecule has 1 saturated heterocycles. The molecular weight excluding hydrogens is 435 g/mol. The highest BCUT2D eigenvalue weighted by Crippen LogP contribution is 2.43. The first-order valence-electron chi connectivity index (χ1n) is 10.8. The number of carbonyl (C=O) groups excluding carboxylic acids is 2. The van der Waals surface area contributed by atoms with Gasteiger partial charge in [-0.1, -0.05) is 39.0 Å². The number of ketones is 1. The molecule has 4 rings (SSSR count). The van der Waals surface area contributed by atoms with Gasteiger partial charge in [-0.15, -0.1) is 0 Å². The number of anilines is 1. The molecule has 34 heavy (non-hydrogen) atoms. The standard InChI is InChI=1S/C27H25FN2O4/c1-27(2,3)16-8-11-18(12-9-16)30-23(20-7-5-6-14-29-20)22(25(32)26(30)33)24(31)19-15-17(28)10-13-21(19)34-4/h5-15,23,31H,1-4H3/b24-22+. The van der Waals surface area contributed by atoms with Crippen LogP contribution in [-0.2, 0) is 15.0 Å². The van der Waals surface area contributed by atoms with Crippen molar-refractivity contribution in [1.29, 1.82) is 0 Å².